The number of hydrogen-bond acceptors (Lipinski definition) is 3. The molecular weight excluding hydrogens is 140 g/mol. The molecule has 4 heteroatoms. The van der Waals surface area contributed by atoms with Crippen LogP contribution in [0, 0.1) is 12.3 Å². The second-order valence-corrected chi connectivity index (χ2v) is 3.22. The Morgan fingerprint density at radius 2 is 2.09 bits per heavy atom. The van der Waals surface area contributed by atoms with Crippen molar-refractivity contribution in [2.75, 3.05) is 0 Å². The highest BCUT2D eigenvalue weighted by molar-refractivity contribution is 5.11. The second kappa shape index (κ2) is 2.35. The largest absolute Gasteiger partial charge is 0.247 e. The van der Waals surface area contributed by atoms with E-state index < -0.39 is 0 Å². The van der Waals surface area contributed by atoms with E-state index >= 15 is 0 Å². The molecule has 0 saturated carbocycles. The third-order valence-corrected chi connectivity index (χ3v) is 1.14. The van der Waals surface area contributed by atoms with E-state index in [0.29, 0.717) is 5.82 Å². The SMILES string of the molecule is C#Cc1nnn(C(C)(C)C)n1. The lowest BCUT2D eigenvalue weighted by Crippen LogP contribution is -2.24. The normalized spacial score (nSPS) is 11.1. The molecule has 4 nitrogen and oxygen atoms in total. The summed E-state index contributed by atoms with van der Waals surface area (Å²) in [4.78, 5) is 1.50. The van der Waals surface area contributed by atoms with Crippen LogP contribution in [0.3, 0.4) is 0 Å². The van der Waals surface area contributed by atoms with E-state index in [1.807, 2.05) is 20.8 Å². The van der Waals surface area contributed by atoms with Crippen LogP contribution in [0.2, 0.25) is 0 Å². The van der Waals surface area contributed by atoms with Crippen LogP contribution in [0.5, 0.6) is 0 Å². The third-order valence-electron chi connectivity index (χ3n) is 1.14. The maximum absolute atomic E-state index is 5.08. The smallest absolute Gasteiger partial charge is 0.158 e. The summed E-state index contributed by atoms with van der Waals surface area (Å²) in [6.45, 7) is 5.94. The van der Waals surface area contributed by atoms with Gasteiger partial charge in [-0.15, -0.1) is 11.5 Å². The van der Waals surface area contributed by atoms with Gasteiger partial charge in [0.15, 0.2) is 0 Å². The molecule has 58 valence electrons. The molecule has 0 aromatic carbocycles. The van der Waals surface area contributed by atoms with Crippen LogP contribution < -0.4 is 0 Å². The Morgan fingerprint density at radius 1 is 1.45 bits per heavy atom. The van der Waals surface area contributed by atoms with E-state index in [0.717, 1.165) is 0 Å². The van der Waals surface area contributed by atoms with Gasteiger partial charge in [0.1, 0.15) is 0 Å². The van der Waals surface area contributed by atoms with Crippen LogP contribution in [0.15, 0.2) is 0 Å². The van der Waals surface area contributed by atoms with Crippen molar-refractivity contribution in [3.8, 4) is 12.3 Å². The number of hydrogen-bond donors (Lipinski definition) is 0. The first-order valence-electron chi connectivity index (χ1n) is 3.31. The van der Waals surface area contributed by atoms with E-state index in [9.17, 15) is 0 Å². The lowest BCUT2D eigenvalue weighted by Gasteiger charge is -2.14. The van der Waals surface area contributed by atoms with Crippen molar-refractivity contribution in [1.29, 1.82) is 0 Å². The topological polar surface area (TPSA) is 43.6 Å². The van der Waals surface area contributed by atoms with E-state index in [-0.39, 0.29) is 5.54 Å². The molecule has 11 heavy (non-hydrogen) atoms. The molecule has 0 aliphatic rings. The van der Waals surface area contributed by atoms with Crippen LogP contribution in [0.1, 0.15) is 26.6 Å². The molecule has 0 radical (unpaired) electrons. The van der Waals surface area contributed by atoms with Gasteiger partial charge in [0.05, 0.1) is 5.54 Å². The average Bonchev–Trinajstić information content (AvgIpc) is 2.32. The zero-order chi connectivity index (χ0) is 8.48. The summed E-state index contributed by atoms with van der Waals surface area (Å²) in [5, 5.41) is 11.4. The highest BCUT2D eigenvalue weighted by Crippen LogP contribution is 2.08. The Kier molecular flexibility index (Phi) is 1.65. The van der Waals surface area contributed by atoms with Gasteiger partial charge in [-0.2, -0.15) is 4.80 Å². The lowest BCUT2D eigenvalue weighted by atomic mass is 10.1. The maximum Gasteiger partial charge on any atom is 0.247 e. The molecule has 0 fully saturated rings. The van der Waals surface area contributed by atoms with E-state index in [1.165, 1.54) is 4.80 Å². The quantitative estimate of drug-likeness (QED) is 0.503. The number of nitrogens with zero attached hydrogens (tertiary/aromatic N) is 4. The van der Waals surface area contributed by atoms with Gasteiger partial charge in [-0.3, -0.25) is 0 Å². The summed E-state index contributed by atoms with van der Waals surface area (Å²) < 4.78 is 0. The first-order valence-corrected chi connectivity index (χ1v) is 3.31. The summed E-state index contributed by atoms with van der Waals surface area (Å²) in [5.74, 6) is 2.65. The Morgan fingerprint density at radius 3 is 2.36 bits per heavy atom. The molecule has 1 aromatic heterocycles. The fourth-order valence-electron chi connectivity index (χ4n) is 0.556. The number of tetrazole rings is 1. The van der Waals surface area contributed by atoms with E-state index in [2.05, 4.69) is 21.3 Å². The lowest BCUT2D eigenvalue weighted by molar-refractivity contribution is 0.306. The summed E-state index contributed by atoms with van der Waals surface area (Å²) in [7, 11) is 0. The maximum atomic E-state index is 5.08. The van der Waals surface area contributed by atoms with E-state index in [4.69, 9.17) is 6.42 Å². The van der Waals surface area contributed by atoms with Gasteiger partial charge in [-0.05, 0) is 31.9 Å². The summed E-state index contributed by atoms with van der Waals surface area (Å²) in [6, 6.07) is 0. The predicted molar refractivity (Wildman–Crippen MR) is 40.7 cm³/mol. The molecule has 0 unspecified atom stereocenters. The average molecular weight is 150 g/mol. The highest BCUT2D eigenvalue weighted by atomic mass is 15.6. The van der Waals surface area contributed by atoms with E-state index in [1.54, 1.807) is 0 Å². The van der Waals surface area contributed by atoms with Crippen LogP contribution in [0.4, 0.5) is 0 Å². The summed E-state index contributed by atoms with van der Waals surface area (Å²) >= 11 is 0. The zero-order valence-electron chi connectivity index (χ0n) is 6.87. The van der Waals surface area contributed by atoms with Crippen molar-refractivity contribution in [1.82, 2.24) is 20.2 Å². The van der Waals surface area contributed by atoms with Crippen LogP contribution >= 0.6 is 0 Å². The summed E-state index contributed by atoms with van der Waals surface area (Å²) in [6.07, 6.45) is 5.08. The molecule has 0 N–H and O–H groups in total. The molecule has 0 saturated heterocycles. The minimum Gasteiger partial charge on any atom is -0.158 e. The Balaban J connectivity index is 3.01. The first-order chi connectivity index (χ1) is 5.04. The number of aromatic nitrogens is 4. The van der Waals surface area contributed by atoms with Crippen LogP contribution in [0.25, 0.3) is 0 Å². The molecule has 1 rings (SSSR count). The van der Waals surface area contributed by atoms with Gasteiger partial charge in [0.25, 0.3) is 0 Å². The van der Waals surface area contributed by atoms with Crippen LogP contribution in [-0.4, -0.2) is 20.2 Å². The predicted octanol–water partition coefficient (Wildman–Crippen LogP) is 0.409. The Hall–Kier alpha value is -1.37. The fourth-order valence-corrected chi connectivity index (χ4v) is 0.556. The van der Waals surface area contributed by atoms with Crippen molar-refractivity contribution in [3.05, 3.63) is 5.82 Å². The second-order valence-electron chi connectivity index (χ2n) is 3.22. The highest BCUT2D eigenvalue weighted by Gasteiger charge is 2.15. The molecule has 0 bridgehead atoms. The van der Waals surface area contributed by atoms with Gasteiger partial charge < -0.3 is 0 Å². The van der Waals surface area contributed by atoms with Crippen LogP contribution in [-0.2, 0) is 5.54 Å². The minimum atomic E-state index is -0.151. The minimum absolute atomic E-state index is 0.151. The molecule has 1 heterocycles. The fraction of sp³-hybridized carbons (Fsp3) is 0.571. The van der Waals surface area contributed by atoms with Gasteiger partial charge in [-0.25, -0.2) is 0 Å². The number of terminal acetylenes is 1. The summed E-state index contributed by atoms with van der Waals surface area (Å²) in [5.41, 5.74) is -0.151. The van der Waals surface area contributed by atoms with Gasteiger partial charge >= 0.3 is 0 Å². The first kappa shape index (κ1) is 7.73. The van der Waals surface area contributed by atoms with Crippen molar-refractivity contribution in [3.63, 3.8) is 0 Å². The van der Waals surface area contributed by atoms with Gasteiger partial charge in [0, 0.05) is 0 Å². The van der Waals surface area contributed by atoms with Crippen molar-refractivity contribution in [2.24, 2.45) is 0 Å². The number of rotatable bonds is 0. The molecule has 1 aromatic rings. The standard InChI is InChI=1S/C7H10N4/c1-5-6-8-10-11(9-6)7(2,3)4/h1H,2-4H3. The van der Waals surface area contributed by atoms with Crippen molar-refractivity contribution < 1.29 is 0 Å². The van der Waals surface area contributed by atoms with Crippen molar-refractivity contribution in [2.45, 2.75) is 26.3 Å². The monoisotopic (exact) mass is 150 g/mol. The Labute approximate surface area is 65.6 Å². The molecule has 0 atom stereocenters. The molecule has 0 amide bonds. The van der Waals surface area contributed by atoms with Gasteiger partial charge in [-0.1, -0.05) is 5.10 Å². The molecule has 0 aliphatic heterocycles. The molecule has 0 aliphatic carbocycles. The third kappa shape index (κ3) is 1.55. The van der Waals surface area contributed by atoms with Crippen molar-refractivity contribution >= 4 is 0 Å². The zero-order valence-corrected chi connectivity index (χ0v) is 6.87. The Bertz CT molecular complexity index is 286. The molecular formula is C7H10N4. The van der Waals surface area contributed by atoms with Gasteiger partial charge in [0.2, 0.25) is 5.82 Å². The molecule has 0 spiro atoms.